The van der Waals surface area contributed by atoms with Crippen LogP contribution in [0, 0.1) is 11.8 Å². The third-order valence-corrected chi connectivity index (χ3v) is 7.73. The van der Waals surface area contributed by atoms with E-state index in [1.54, 1.807) is 4.90 Å². The molecule has 6 heteroatoms. The minimum absolute atomic E-state index is 0.0362. The van der Waals surface area contributed by atoms with Gasteiger partial charge in [0.15, 0.2) is 11.9 Å². The molecule has 6 nitrogen and oxygen atoms in total. The fourth-order valence-electron chi connectivity index (χ4n) is 5.58. The number of ether oxygens (including phenoxy) is 2. The van der Waals surface area contributed by atoms with Crippen LogP contribution in [0.15, 0.2) is 60.7 Å². The maximum atomic E-state index is 13.8. The Balaban J connectivity index is 1.70. The zero-order valence-corrected chi connectivity index (χ0v) is 23.9. The van der Waals surface area contributed by atoms with Crippen LogP contribution >= 0.6 is 0 Å². The topological polar surface area (TPSA) is 59.1 Å². The molecule has 0 unspecified atom stereocenters. The van der Waals surface area contributed by atoms with Gasteiger partial charge in [-0.1, -0.05) is 87.4 Å². The minimum atomic E-state index is -0.872. The fourth-order valence-corrected chi connectivity index (χ4v) is 5.58. The molecule has 1 aliphatic heterocycles. The summed E-state index contributed by atoms with van der Waals surface area (Å²) in [6, 6.07) is 20.4. The van der Waals surface area contributed by atoms with Gasteiger partial charge in [-0.05, 0) is 51.2 Å². The first kappa shape index (κ1) is 28.3. The Morgan fingerprint density at radius 3 is 1.89 bits per heavy atom. The molecular formula is C32H44N2O4. The van der Waals surface area contributed by atoms with E-state index >= 15 is 0 Å². The number of amides is 1. The summed E-state index contributed by atoms with van der Waals surface area (Å²) < 4.78 is 12.2. The molecule has 1 saturated heterocycles. The summed E-state index contributed by atoms with van der Waals surface area (Å²) >= 11 is 0. The number of Topliss-reactive ketones (excluding diaryl/α,β-unsaturated/α-hetero) is 1. The number of rotatable bonds is 11. The van der Waals surface area contributed by atoms with Gasteiger partial charge >= 0.3 is 6.09 Å². The lowest BCUT2D eigenvalue weighted by Crippen LogP contribution is -2.56. The zero-order valence-electron chi connectivity index (χ0n) is 23.9. The molecule has 1 amide bonds. The predicted molar refractivity (Wildman–Crippen MR) is 149 cm³/mol. The number of hydrogen-bond acceptors (Lipinski definition) is 5. The van der Waals surface area contributed by atoms with Crippen molar-refractivity contribution in [2.45, 2.75) is 97.3 Å². The Labute approximate surface area is 228 Å². The highest BCUT2D eigenvalue weighted by atomic mass is 16.6. The molecule has 2 aromatic rings. The van der Waals surface area contributed by atoms with Crippen LogP contribution in [-0.2, 0) is 27.4 Å². The summed E-state index contributed by atoms with van der Waals surface area (Å²) in [6.07, 6.45) is 1.76. The van der Waals surface area contributed by atoms with Gasteiger partial charge in [-0.15, -0.1) is 0 Å². The van der Waals surface area contributed by atoms with E-state index in [1.807, 2.05) is 77.9 Å². The summed E-state index contributed by atoms with van der Waals surface area (Å²) in [5.74, 6) is 0.240. The second-order valence-corrected chi connectivity index (χ2v) is 12.4. The quantitative estimate of drug-likeness (QED) is 0.341. The van der Waals surface area contributed by atoms with Crippen molar-refractivity contribution in [2.75, 3.05) is 6.61 Å². The Morgan fingerprint density at radius 2 is 1.47 bits per heavy atom. The molecular weight excluding hydrogens is 476 g/mol. The lowest BCUT2D eigenvalue weighted by molar-refractivity contribution is -0.138. The van der Waals surface area contributed by atoms with Gasteiger partial charge in [0.1, 0.15) is 5.72 Å². The Hall–Kier alpha value is -2.70. The molecule has 1 aliphatic carbocycles. The first-order chi connectivity index (χ1) is 18.0. The zero-order chi connectivity index (χ0) is 27.5. The lowest BCUT2D eigenvalue weighted by Gasteiger charge is -2.41. The van der Waals surface area contributed by atoms with E-state index in [9.17, 15) is 9.59 Å². The van der Waals surface area contributed by atoms with Crippen LogP contribution in [-0.4, -0.2) is 51.7 Å². The summed E-state index contributed by atoms with van der Waals surface area (Å²) in [6.45, 7) is 13.2. The first-order valence-electron chi connectivity index (χ1n) is 14.0. The predicted octanol–water partition coefficient (Wildman–Crippen LogP) is 6.43. The van der Waals surface area contributed by atoms with Gasteiger partial charge in [-0.25, -0.2) is 4.79 Å². The molecule has 2 aromatic carbocycles. The maximum absolute atomic E-state index is 13.8. The molecule has 0 radical (unpaired) electrons. The molecule has 2 atom stereocenters. The highest BCUT2D eigenvalue weighted by Crippen LogP contribution is 2.39. The summed E-state index contributed by atoms with van der Waals surface area (Å²) in [7, 11) is 0. The van der Waals surface area contributed by atoms with E-state index < -0.39 is 23.5 Å². The second kappa shape index (κ2) is 11.6. The average Bonchev–Trinajstić information content (AvgIpc) is 3.66. The molecule has 1 heterocycles. The molecule has 2 aliphatic rings. The number of ketones is 1. The van der Waals surface area contributed by atoms with E-state index in [2.05, 4.69) is 29.2 Å². The van der Waals surface area contributed by atoms with Crippen LogP contribution < -0.4 is 0 Å². The second-order valence-electron chi connectivity index (χ2n) is 12.4. The smallest absolute Gasteiger partial charge is 0.413 e. The molecule has 38 heavy (non-hydrogen) atoms. The van der Waals surface area contributed by atoms with Crippen molar-refractivity contribution in [3.8, 4) is 0 Å². The van der Waals surface area contributed by atoms with Crippen molar-refractivity contribution >= 4 is 11.9 Å². The molecule has 0 aromatic heterocycles. The molecule has 2 fully saturated rings. The number of carbonyl (C=O) groups excluding carboxylic acids is 2. The van der Waals surface area contributed by atoms with Crippen LogP contribution in [0.25, 0.3) is 0 Å². The van der Waals surface area contributed by atoms with Crippen LogP contribution in [0.4, 0.5) is 4.79 Å². The molecule has 0 bridgehead atoms. The van der Waals surface area contributed by atoms with Crippen molar-refractivity contribution in [2.24, 2.45) is 11.8 Å². The Kier molecular flexibility index (Phi) is 8.63. The van der Waals surface area contributed by atoms with Crippen LogP contribution in [0.5, 0.6) is 0 Å². The van der Waals surface area contributed by atoms with E-state index in [1.165, 1.54) is 11.1 Å². The standard InChI is InChI=1S/C32H44N2O4/c1-23(2)28(35)29(38-30(36)34-31(3,4)22-37-32(34,5)6)27(19-24-17-18-24)33(20-25-13-9-7-10-14-25)21-26-15-11-8-12-16-26/h7-16,23-24,27,29H,17-22H2,1-6H3/t27-,29-/m1/s1. The van der Waals surface area contributed by atoms with Gasteiger partial charge in [0, 0.05) is 19.0 Å². The van der Waals surface area contributed by atoms with Gasteiger partial charge < -0.3 is 9.47 Å². The van der Waals surface area contributed by atoms with Crippen molar-refractivity contribution in [1.82, 2.24) is 9.80 Å². The van der Waals surface area contributed by atoms with Crippen molar-refractivity contribution in [3.63, 3.8) is 0 Å². The van der Waals surface area contributed by atoms with E-state index in [0.29, 0.717) is 25.6 Å². The van der Waals surface area contributed by atoms with Crippen molar-refractivity contribution in [3.05, 3.63) is 71.8 Å². The highest BCUT2D eigenvalue weighted by molar-refractivity contribution is 5.87. The Morgan fingerprint density at radius 1 is 0.947 bits per heavy atom. The number of hydrogen-bond donors (Lipinski definition) is 0. The van der Waals surface area contributed by atoms with Gasteiger partial charge in [-0.2, -0.15) is 0 Å². The third-order valence-electron chi connectivity index (χ3n) is 7.73. The summed E-state index contributed by atoms with van der Waals surface area (Å²) in [4.78, 5) is 31.6. The maximum Gasteiger partial charge on any atom is 0.413 e. The van der Waals surface area contributed by atoms with Gasteiger partial charge in [0.05, 0.1) is 18.2 Å². The molecule has 0 spiro atoms. The lowest BCUT2D eigenvalue weighted by atomic mass is 9.92. The van der Waals surface area contributed by atoms with Gasteiger partial charge in [0.25, 0.3) is 0 Å². The largest absolute Gasteiger partial charge is 0.436 e. The summed E-state index contributed by atoms with van der Waals surface area (Å²) in [5, 5.41) is 0. The van der Waals surface area contributed by atoms with E-state index in [4.69, 9.17) is 9.47 Å². The Bertz CT molecular complexity index is 1020. The SMILES string of the molecule is CC(C)C(=O)[C@H](OC(=O)N1C(C)(C)COC1(C)C)[C@@H](CC1CC1)N(Cc1ccccc1)Cc1ccccc1. The van der Waals surface area contributed by atoms with E-state index in [0.717, 1.165) is 19.3 Å². The number of carbonyl (C=O) groups is 2. The normalized spacial score (nSPS) is 19.9. The van der Waals surface area contributed by atoms with Crippen LogP contribution in [0.2, 0.25) is 0 Å². The molecule has 0 N–H and O–H groups in total. The average molecular weight is 521 g/mol. The summed E-state index contributed by atoms with van der Waals surface area (Å²) in [5.41, 5.74) is 0.986. The van der Waals surface area contributed by atoms with Gasteiger partial charge in [0.2, 0.25) is 0 Å². The number of benzene rings is 2. The molecule has 1 saturated carbocycles. The van der Waals surface area contributed by atoms with Crippen LogP contribution in [0.3, 0.4) is 0 Å². The van der Waals surface area contributed by atoms with Crippen molar-refractivity contribution < 1.29 is 19.1 Å². The molecule has 4 rings (SSSR count). The monoisotopic (exact) mass is 520 g/mol. The number of nitrogens with zero attached hydrogens (tertiary/aromatic N) is 2. The highest BCUT2D eigenvalue weighted by Gasteiger charge is 2.51. The van der Waals surface area contributed by atoms with E-state index in [-0.39, 0.29) is 17.7 Å². The van der Waals surface area contributed by atoms with Gasteiger partial charge in [-0.3, -0.25) is 14.6 Å². The fraction of sp³-hybridized carbons (Fsp3) is 0.562. The van der Waals surface area contributed by atoms with Crippen molar-refractivity contribution in [1.29, 1.82) is 0 Å². The third kappa shape index (κ3) is 6.83. The van der Waals surface area contributed by atoms with Crippen LogP contribution in [0.1, 0.15) is 71.9 Å². The minimum Gasteiger partial charge on any atom is -0.436 e. The first-order valence-corrected chi connectivity index (χ1v) is 14.0. The molecule has 206 valence electrons.